The summed E-state index contributed by atoms with van der Waals surface area (Å²) < 4.78 is 40.6. The average Bonchev–Trinajstić information content (AvgIpc) is 2.45. The predicted molar refractivity (Wildman–Crippen MR) is 76.0 cm³/mol. The summed E-state index contributed by atoms with van der Waals surface area (Å²) in [7, 11) is 1.87. The Labute approximate surface area is 121 Å². The molecule has 0 bridgehead atoms. The first kappa shape index (κ1) is 15.4. The predicted octanol–water partition coefficient (Wildman–Crippen LogP) is 4.53. The van der Waals surface area contributed by atoms with Gasteiger partial charge in [-0.15, -0.1) is 13.2 Å². The third-order valence-corrected chi connectivity index (χ3v) is 3.24. The summed E-state index contributed by atoms with van der Waals surface area (Å²) in [6.45, 7) is 2.03. The maximum atomic E-state index is 12.2. The lowest BCUT2D eigenvalue weighted by molar-refractivity contribution is -0.274. The van der Waals surface area contributed by atoms with Gasteiger partial charge in [0.05, 0.1) is 0 Å². The quantitative estimate of drug-likeness (QED) is 0.894. The number of ether oxygens (including phenoxy) is 1. The van der Waals surface area contributed by atoms with Gasteiger partial charge in [0.1, 0.15) is 5.75 Å². The largest absolute Gasteiger partial charge is 0.573 e. The molecule has 112 valence electrons. The molecule has 1 N–H and O–H groups in total. The summed E-state index contributed by atoms with van der Waals surface area (Å²) in [6, 6.07) is 13.9. The van der Waals surface area contributed by atoms with Gasteiger partial charge in [-0.2, -0.15) is 0 Å². The minimum absolute atomic E-state index is 0.215. The zero-order valence-corrected chi connectivity index (χ0v) is 11.7. The van der Waals surface area contributed by atoms with Crippen LogP contribution in [0.1, 0.15) is 18.5 Å². The molecule has 2 nitrogen and oxygen atoms in total. The number of halogens is 3. The van der Waals surface area contributed by atoms with Crippen molar-refractivity contribution in [3.05, 3.63) is 54.1 Å². The molecule has 0 saturated heterocycles. The van der Waals surface area contributed by atoms with Crippen LogP contribution in [0.2, 0.25) is 0 Å². The van der Waals surface area contributed by atoms with E-state index < -0.39 is 6.36 Å². The van der Waals surface area contributed by atoms with Gasteiger partial charge in [0.2, 0.25) is 0 Å². The third kappa shape index (κ3) is 4.23. The first-order valence-corrected chi connectivity index (χ1v) is 6.52. The van der Waals surface area contributed by atoms with Crippen LogP contribution in [0, 0.1) is 0 Å². The zero-order chi connectivity index (χ0) is 15.5. The van der Waals surface area contributed by atoms with Gasteiger partial charge in [-0.25, -0.2) is 0 Å². The van der Waals surface area contributed by atoms with Crippen LogP contribution in [-0.4, -0.2) is 13.4 Å². The lowest BCUT2D eigenvalue weighted by atomic mass is 10.0. The van der Waals surface area contributed by atoms with Crippen LogP contribution in [0.4, 0.5) is 13.2 Å². The zero-order valence-electron chi connectivity index (χ0n) is 11.7. The molecule has 0 saturated carbocycles. The molecule has 5 heteroatoms. The summed E-state index contributed by atoms with van der Waals surface area (Å²) >= 11 is 0. The van der Waals surface area contributed by atoms with Gasteiger partial charge >= 0.3 is 6.36 Å². The second-order valence-electron chi connectivity index (χ2n) is 4.71. The monoisotopic (exact) mass is 295 g/mol. The number of nitrogens with one attached hydrogen (secondary N) is 1. The van der Waals surface area contributed by atoms with E-state index in [4.69, 9.17) is 0 Å². The Morgan fingerprint density at radius 2 is 1.67 bits per heavy atom. The van der Waals surface area contributed by atoms with E-state index in [1.807, 2.05) is 38.2 Å². The molecule has 0 heterocycles. The molecule has 2 aromatic carbocycles. The first-order valence-electron chi connectivity index (χ1n) is 6.52. The molecule has 0 aromatic heterocycles. The lowest BCUT2D eigenvalue weighted by Crippen LogP contribution is -2.17. The van der Waals surface area contributed by atoms with Crippen molar-refractivity contribution < 1.29 is 17.9 Å². The van der Waals surface area contributed by atoms with E-state index in [-0.39, 0.29) is 11.8 Å². The molecule has 0 amide bonds. The van der Waals surface area contributed by atoms with Crippen LogP contribution in [0.3, 0.4) is 0 Å². The van der Waals surface area contributed by atoms with E-state index in [0.29, 0.717) is 5.56 Å². The molecule has 0 fully saturated rings. The molecule has 0 spiro atoms. The number of benzene rings is 2. The highest BCUT2D eigenvalue weighted by Gasteiger charge is 2.31. The molecule has 1 unspecified atom stereocenters. The maximum Gasteiger partial charge on any atom is 0.573 e. The average molecular weight is 295 g/mol. The van der Waals surface area contributed by atoms with E-state index >= 15 is 0 Å². The fraction of sp³-hybridized carbons (Fsp3) is 0.250. The van der Waals surface area contributed by atoms with E-state index in [0.717, 1.165) is 11.1 Å². The molecule has 0 aliphatic carbocycles. The van der Waals surface area contributed by atoms with E-state index in [9.17, 15) is 13.2 Å². The summed E-state index contributed by atoms with van der Waals surface area (Å²) in [6.07, 6.45) is -4.68. The van der Waals surface area contributed by atoms with Crippen molar-refractivity contribution in [3.63, 3.8) is 0 Å². The van der Waals surface area contributed by atoms with Crippen LogP contribution >= 0.6 is 0 Å². The highest BCUT2D eigenvalue weighted by Crippen LogP contribution is 2.28. The van der Waals surface area contributed by atoms with Crippen molar-refractivity contribution in [2.45, 2.75) is 19.3 Å². The molecular formula is C16H16F3NO. The lowest BCUT2D eigenvalue weighted by Gasteiger charge is -2.12. The molecule has 2 aromatic rings. The van der Waals surface area contributed by atoms with Crippen molar-refractivity contribution in [2.24, 2.45) is 0 Å². The number of rotatable bonds is 4. The molecule has 0 aliphatic rings. The van der Waals surface area contributed by atoms with Gasteiger partial charge in [-0.05, 0) is 42.8 Å². The van der Waals surface area contributed by atoms with Gasteiger partial charge in [0, 0.05) is 6.04 Å². The van der Waals surface area contributed by atoms with Crippen LogP contribution in [-0.2, 0) is 0 Å². The normalized spacial score (nSPS) is 13.0. The minimum atomic E-state index is -4.68. The Hall–Kier alpha value is -2.01. The highest BCUT2D eigenvalue weighted by atomic mass is 19.4. The Morgan fingerprint density at radius 3 is 2.24 bits per heavy atom. The smallest absolute Gasteiger partial charge is 0.406 e. The summed E-state index contributed by atoms with van der Waals surface area (Å²) in [5.41, 5.74) is 2.64. The van der Waals surface area contributed by atoms with Gasteiger partial charge < -0.3 is 10.1 Å². The van der Waals surface area contributed by atoms with Crippen LogP contribution in [0.5, 0.6) is 5.75 Å². The van der Waals surface area contributed by atoms with Crippen molar-refractivity contribution in [3.8, 4) is 16.9 Å². The van der Waals surface area contributed by atoms with Crippen LogP contribution in [0.25, 0.3) is 11.1 Å². The van der Waals surface area contributed by atoms with Crippen molar-refractivity contribution in [2.75, 3.05) is 7.05 Å². The Bertz CT molecular complexity index is 593. The Balaban J connectivity index is 2.24. The number of hydrogen-bond donors (Lipinski definition) is 1. The number of hydrogen-bond acceptors (Lipinski definition) is 2. The van der Waals surface area contributed by atoms with Gasteiger partial charge in [0.15, 0.2) is 0 Å². The van der Waals surface area contributed by atoms with E-state index in [2.05, 4.69) is 10.1 Å². The van der Waals surface area contributed by atoms with Crippen molar-refractivity contribution in [1.29, 1.82) is 0 Å². The SMILES string of the molecule is CNC(C)c1ccc(-c2cccc(OC(F)(F)F)c2)cc1. The summed E-state index contributed by atoms with van der Waals surface area (Å²) in [5.74, 6) is -0.215. The topological polar surface area (TPSA) is 21.3 Å². The van der Waals surface area contributed by atoms with E-state index in [1.54, 1.807) is 12.1 Å². The Kier molecular flexibility index (Phi) is 4.53. The fourth-order valence-electron chi connectivity index (χ4n) is 2.00. The molecule has 21 heavy (non-hydrogen) atoms. The van der Waals surface area contributed by atoms with Gasteiger partial charge in [-0.1, -0.05) is 36.4 Å². The molecule has 0 aliphatic heterocycles. The van der Waals surface area contributed by atoms with Crippen molar-refractivity contribution >= 4 is 0 Å². The number of alkyl halides is 3. The molecule has 1 atom stereocenters. The minimum Gasteiger partial charge on any atom is -0.406 e. The van der Waals surface area contributed by atoms with Gasteiger partial charge in [0.25, 0.3) is 0 Å². The van der Waals surface area contributed by atoms with E-state index in [1.165, 1.54) is 12.1 Å². The maximum absolute atomic E-state index is 12.2. The molecule has 0 radical (unpaired) electrons. The third-order valence-electron chi connectivity index (χ3n) is 3.24. The van der Waals surface area contributed by atoms with Crippen LogP contribution in [0.15, 0.2) is 48.5 Å². The fourth-order valence-corrected chi connectivity index (χ4v) is 2.00. The summed E-state index contributed by atoms with van der Waals surface area (Å²) in [5, 5.41) is 3.13. The Morgan fingerprint density at radius 1 is 1.00 bits per heavy atom. The van der Waals surface area contributed by atoms with Crippen molar-refractivity contribution in [1.82, 2.24) is 5.32 Å². The van der Waals surface area contributed by atoms with Crippen LogP contribution < -0.4 is 10.1 Å². The first-order chi connectivity index (χ1) is 9.89. The molecular weight excluding hydrogens is 279 g/mol. The van der Waals surface area contributed by atoms with Gasteiger partial charge in [-0.3, -0.25) is 0 Å². The second kappa shape index (κ2) is 6.18. The highest BCUT2D eigenvalue weighted by molar-refractivity contribution is 5.65. The second-order valence-corrected chi connectivity index (χ2v) is 4.71. The standard InChI is InChI=1S/C16H16F3NO/c1-11(20-2)12-6-8-13(9-7-12)14-4-3-5-15(10-14)21-16(17,18)19/h3-11,20H,1-2H3. The molecule has 2 rings (SSSR count). The summed E-state index contributed by atoms with van der Waals surface area (Å²) in [4.78, 5) is 0.